The van der Waals surface area contributed by atoms with Crippen molar-refractivity contribution in [2.75, 3.05) is 11.1 Å². The SMILES string of the molecule is Nc1ccc2[nH]cc(C(=O)Nc3ccc(Cl)c(Br)c3)c2c1. The Morgan fingerprint density at radius 1 is 1.24 bits per heavy atom. The van der Waals surface area contributed by atoms with Crippen LogP contribution < -0.4 is 11.1 Å². The van der Waals surface area contributed by atoms with E-state index in [0.29, 0.717) is 22.0 Å². The van der Waals surface area contributed by atoms with E-state index >= 15 is 0 Å². The summed E-state index contributed by atoms with van der Waals surface area (Å²) >= 11 is 9.26. The van der Waals surface area contributed by atoms with Gasteiger partial charge in [-0.3, -0.25) is 4.79 Å². The van der Waals surface area contributed by atoms with Gasteiger partial charge < -0.3 is 16.0 Å². The number of amides is 1. The number of nitrogen functional groups attached to an aromatic ring is 1. The van der Waals surface area contributed by atoms with Crippen molar-refractivity contribution < 1.29 is 4.79 Å². The van der Waals surface area contributed by atoms with Crippen LogP contribution in [0.2, 0.25) is 5.02 Å². The van der Waals surface area contributed by atoms with Crippen molar-refractivity contribution in [3.05, 3.63) is 57.7 Å². The Bertz CT molecular complexity index is 844. The van der Waals surface area contributed by atoms with Crippen LogP contribution in [0.5, 0.6) is 0 Å². The molecule has 0 fully saturated rings. The van der Waals surface area contributed by atoms with Gasteiger partial charge in [0.15, 0.2) is 0 Å². The molecule has 1 amide bonds. The number of carbonyl (C=O) groups is 1. The van der Waals surface area contributed by atoms with Gasteiger partial charge in [-0.15, -0.1) is 0 Å². The smallest absolute Gasteiger partial charge is 0.257 e. The van der Waals surface area contributed by atoms with Gasteiger partial charge in [0.2, 0.25) is 0 Å². The van der Waals surface area contributed by atoms with Crippen molar-refractivity contribution >= 4 is 55.7 Å². The van der Waals surface area contributed by atoms with Crippen molar-refractivity contribution in [3.8, 4) is 0 Å². The molecule has 0 aliphatic carbocycles. The van der Waals surface area contributed by atoms with E-state index in [1.54, 1.807) is 36.5 Å². The van der Waals surface area contributed by atoms with E-state index in [1.807, 2.05) is 6.07 Å². The minimum Gasteiger partial charge on any atom is -0.399 e. The van der Waals surface area contributed by atoms with Gasteiger partial charge in [-0.25, -0.2) is 0 Å². The summed E-state index contributed by atoms with van der Waals surface area (Å²) in [6.07, 6.45) is 1.67. The van der Waals surface area contributed by atoms with Crippen LogP contribution in [0.25, 0.3) is 10.9 Å². The second kappa shape index (κ2) is 5.42. The number of rotatable bonds is 2. The minimum atomic E-state index is -0.207. The average Bonchev–Trinajstić information content (AvgIpc) is 2.86. The molecule has 0 aliphatic heterocycles. The molecule has 0 saturated heterocycles. The summed E-state index contributed by atoms with van der Waals surface area (Å²) in [5, 5.41) is 4.22. The largest absolute Gasteiger partial charge is 0.399 e. The molecule has 2 aromatic carbocycles. The number of carbonyl (C=O) groups excluding carboxylic acids is 1. The predicted octanol–water partition coefficient (Wildman–Crippen LogP) is 4.42. The lowest BCUT2D eigenvalue weighted by Crippen LogP contribution is -2.11. The first-order valence-corrected chi connectivity index (χ1v) is 7.35. The normalized spacial score (nSPS) is 10.8. The first kappa shape index (κ1) is 14.0. The van der Waals surface area contributed by atoms with Crippen LogP contribution in [0.15, 0.2) is 47.1 Å². The number of fused-ring (bicyclic) bond motifs is 1. The molecule has 4 nitrogen and oxygen atoms in total. The zero-order valence-electron chi connectivity index (χ0n) is 10.8. The quantitative estimate of drug-likeness (QED) is 0.589. The maximum absolute atomic E-state index is 12.4. The van der Waals surface area contributed by atoms with Gasteiger partial charge in [-0.1, -0.05) is 11.6 Å². The van der Waals surface area contributed by atoms with E-state index in [0.717, 1.165) is 15.4 Å². The van der Waals surface area contributed by atoms with E-state index < -0.39 is 0 Å². The van der Waals surface area contributed by atoms with Gasteiger partial charge in [-0.2, -0.15) is 0 Å². The van der Waals surface area contributed by atoms with Crippen LogP contribution in [0.3, 0.4) is 0 Å². The highest BCUT2D eigenvalue weighted by molar-refractivity contribution is 9.10. The summed E-state index contributed by atoms with van der Waals surface area (Å²) in [7, 11) is 0. The Labute approximate surface area is 134 Å². The Balaban J connectivity index is 1.93. The lowest BCUT2D eigenvalue weighted by Gasteiger charge is -2.06. The molecule has 3 aromatic rings. The van der Waals surface area contributed by atoms with Crippen molar-refractivity contribution in [1.82, 2.24) is 4.98 Å². The molecule has 0 radical (unpaired) electrons. The molecular formula is C15H11BrClN3O. The van der Waals surface area contributed by atoms with Gasteiger partial charge >= 0.3 is 0 Å². The Kier molecular flexibility index (Phi) is 3.61. The third kappa shape index (κ3) is 2.75. The topological polar surface area (TPSA) is 70.9 Å². The summed E-state index contributed by atoms with van der Waals surface area (Å²) < 4.78 is 0.727. The highest BCUT2D eigenvalue weighted by Crippen LogP contribution is 2.27. The summed E-state index contributed by atoms with van der Waals surface area (Å²) in [5.41, 5.74) is 8.46. The van der Waals surface area contributed by atoms with Gasteiger partial charge in [0.1, 0.15) is 0 Å². The molecule has 1 heterocycles. The molecule has 0 spiro atoms. The number of anilines is 2. The minimum absolute atomic E-state index is 0.207. The van der Waals surface area contributed by atoms with Gasteiger partial charge in [-0.05, 0) is 52.3 Å². The number of halogens is 2. The van der Waals surface area contributed by atoms with E-state index in [9.17, 15) is 4.79 Å². The predicted molar refractivity (Wildman–Crippen MR) is 89.8 cm³/mol. The number of nitrogens with two attached hydrogens (primary N) is 1. The van der Waals surface area contributed by atoms with Gasteiger partial charge in [0.25, 0.3) is 5.91 Å². The highest BCUT2D eigenvalue weighted by atomic mass is 79.9. The average molecular weight is 365 g/mol. The maximum atomic E-state index is 12.4. The Morgan fingerprint density at radius 3 is 2.81 bits per heavy atom. The van der Waals surface area contributed by atoms with Crippen LogP contribution in [-0.2, 0) is 0 Å². The van der Waals surface area contributed by atoms with Crippen molar-refractivity contribution in [3.63, 3.8) is 0 Å². The first-order valence-electron chi connectivity index (χ1n) is 6.17. The van der Waals surface area contributed by atoms with Crippen molar-refractivity contribution in [1.29, 1.82) is 0 Å². The van der Waals surface area contributed by atoms with Crippen LogP contribution in [0, 0.1) is 0 Å². The fourth-order valence-corrected chi connectivity index (χ4v) is 2.59. The second-order valence-corrected chi connectivity index (χ2v) is 5.85. The number of benzene rings is 2. The fourth-order valence-electron chi connectivity index (χ4n) is 2.10. The molecule has 106 valence electrons. The summed E-state index contributed by atoms with van der Waals surface area (Å²) in [4.78, 5) is 15.4. The fraction of sp³-hybridized carbons (Fsp3) is 0. The summed E-state index contributed by atoms with van der Waals surface area (Å²) in [6.45, 7) is 0. The molecule has 3 rings (SSSR count). The zero-order valence-corrected chi connectivity index (χ0v) is 13.1. The van der Waals surface area contributed by atoms with E-state index in [4.69, 9.17) is 17.3 Å². The summed E-state index contributed by atoms with van der Waals surface area (Å²) in [6, 6.07) is 10.6. The Morgan fingerprint density at radius 2 is 2.05 bits per heavy atom. The van der Waals surface area contributed by atoms with Gasteiger partial charge in [0, 0.05) is 32.9 Å². The lowest BCUT2D eigenvalue weighted by molar-refractivity contribution is 0.102. The third-order valence-corrected chi connectivity index (χ3v) is 4.34. The van der Waals surface area contributed by atoms with Gasteiger partial charge in [0.05, 0.1) is 10.6 Å². The molecule has 0 bridgehead atoms. The highest BCUT2D eigenvalue weighted by Gasteiger charge is 2.13. The molecule has 0 atom stereocenters. The zero-order chi connectivity index (χ0) is 15.0. The molecule has 0 aliphatic rings. The monoisotopic (exact) mass is 363 g/mol. The molecule has 6 heteroatoms. The number of aromatic amines is 1. The van der Waals surface area contributed by atoms with E-state index in [2.05, 4.69) is 26.2 Å². The molecule has 4 N–H and O–H groups in total. The molecular weight excluding hydrogens is 354 g/mol. The third-order valence-electron chi connectivity index (χ3n) is 3.13. The Hall–Kier alpha value is -1.98. The van der Waals surface area contributed by atoms with E-state index in [1.165, 1.54) is 0 Å². The van der Waals surface area contributed by atoms with Crippen molar-refractivity contribution in [2.24, 2.45) is 0 Å². The molecule has 1 aromatic heterocycles. The van der Waals surface area contributed by atoms with Crippen LogP contribution in [0.1, 0.15) is 10.4 Å². The standard InChI is InChI=1S/C15H11BrClN3O/c16-12-6-9(2-3-13(12)17)20-15(21)11-7-19-14-4-1-8(18)5-10(11)14/h1-7,19H,18H2,(H,20,21). The summed E-state index contributed by atoms with van der Waals surface area (Å²) in [5.74, 6) is -0.207. The second-order valence-electron chi connectivity index (χ2n) is 4.59. The lowest BCUT2D eigenvalue weighted by atomic mass is 10.1. The van der Waals surface area contributed by atoms with E-state index in [-0.39, 0.29) is 5.91 Å². The number of hydrogen-bond donors (Lipinski definition) is 3. The van der Waals surface area contributed by atoms with Crippen LogP contribution in [0.4, 0.5) is 11.4 Å². The molecule has 0 unspecified atom stereocenters. The van der Waals surface area contributed by atoms with Crippen molar-refractivity contribution in [2.45, 2.75) is 0 Å². The first-order chi connectivity index (χ1) is 10.0. The number of nitrogens with one attached hydrogen (secondary N) is 2. The maximum Gasteiger partial charge on any atom is 0.257 e. The number of aromatic nitrogens is 1. The number of H-pyrrole nitrogens is 1. The molecule has 0 saturated carbocycles. The number of hydrogen-bond acceptors (Lipinski definition) is 2. The van der Waals surface area contributed by atoms with Crippen LogP contribution >= 0.6 is 27.5 Å². The molecule has 21 heavy (non-hydrogen) atoms. The van der Waals surface area contributed by atoms with Crippen LogP contribution in [-0.4, -0.2) is 10.9 Å².